The van der Waals surface area contributed by atoms with Gasteiger partial charge in [0, 0.05) is 5.69 Å². The molecule has 1 heterocycles. The maximum absolute atomic E-state index is 13.0. The van der Waals surface area contributed by atoms with Crippen LogP contribution in [0.1, 0.15) is 10.5 Å². The van der Waals surface area contributed by atoms with E-state index in [1.54, 1.807) is 6.07 Å². The molecule has 9 heteroatoms. The van der Waals surface area contributed by atoms with E-state index in [0.717, 1.165) is 0 Å². The zero-order chi connectivity index (χ0) is 18.7. The molecule has 0 saturated carbocycles. The van der Waals surface area contributed by atoms with Gasteiger partial charge < -0.3 is 0 Å². The summed E-state index contributed by atoms with van der Waals surface area (Å²) >= 11 is 0. The zero-order valence-corrected chi connectivity index (χ0v) is 13.2. The standard InChI is InChI=1S/C17H12F4N4O/c18-12-6-8-14(9-7-12)25-10-15(22-23-25)16(26)24(11-17(19,20)21)13-4-2-1-3-5-13/h1-10H,11H2. The summed E-state index contributed by atoms with van der Waals surface area (Å²) in [6, 6.07) is 12.7. The number of carbonyl (C=O) groups excluding carboxylic acids is 1. The number of amides is 1. The normalized spacial score (nSPS) is 11.4. The van der Waals surface area contributed by atoms with Crippen LogP contribution in [0.15, 0.2) is 60.8 Å². The van der Waals surface area contributed by atoms with Crippen LogP contribution < -0.4 is 4.90 Å². The number of benzene rings is 2. The number of hydrogen-bond acceptors (Lipinski definition) is 3. The largest absolute Gasteiger partial charge is 0.406 e. The van der Waals surface area contributed by atoms with Crippen molar-refractivity contribution in [1.82, 2.24) is 15.0 Å². The number of carbonyl (C=O) groups is 1. The van der Waals surface area contributed by atoms with Crippen LogP contribution in [-0.2, 0) is 0 Å². The van der Waals surface area contributed by atoms with E-state index in [1.165, 1.54) is 59.4 Å². The fraction of sp³-hybridized carbons (Fsp3) is 0.118. The first-order valence-corrected chi connectivity index (χ1v) is 7.45. The number of hydrogen-bond donors (Lipinski definition) is 0. The van der Waals surface area contributed by atoms with Gasteiger partial charge in [0.2, 0.25) is 0 Å². The lowest BCUT2D eigenvalue weighted by Crippen LogP contribution is -2.39. The zero-order valence-electron chi connectivity index (χ0n) is 13.2. The van der Waals surface area contributed by atoms with Crippen LogP contribution in [0.25, 0.3) is 5.69 Å². The Labute approximate surface area is 145 Å². The molecule has 0 fully saturated rings. The van der Waals surface area contributed by atoms with Crippen LogP contribution in [0.3, 0.4) is 0 Å². The lowest BCUT2D eigenvalue weighted by molar-refractivity contribution is -0.118. The molecule has 3 aromatic rings. The SMILES string of the molecule is O=C(c1cn(-c2ccc(F)cc2)nn1)N(CC(F)(F)F)c1ccccc1. The summed E-state index contributed by atoms with van der Waals surface area (Å²) in [5.74, 6) is -1.40. The minimum Gasteiger partial charge on any atom is -0.298 e. The summed E-state index contributed by atoms with van der Waals surface area (Å²) in [6.07, 6.45) is -3.39. The molecule has 0 atom stereocenters. The van der Waals surface area contributed by atoms with Gasteiger partial charge in [0.05, 0.1) is 11.9 Å². The van der Waals surface area contributed by atoms with Gasteiger partial charge in [0.15, 0.2) is 5.69 Å². The second kappa shape index (κ2) is 6.95. The van der Waals surface area contributed by atoms with Gasteiger partial charge >= 0.3 is 6.18 Å². The summed E-state index contributed by atoms with van der Waals surface area (Å²) in [4.78, 5) is 13.2. The minimum atomic E-state index is -4.58. The highest BCUT2D eigenvalue weighted by atomic mass is 19.4. The van der Waals surface area contributed by atoms with Crippen LogP contribution >= 0.6 is 0 Å². The van der Waals surface area contributed by atoms with E-state index >= 15 is 0 Å². The van der Waals surface area contributed by atoms with Crippen molar-refractivity contribution in [2.75, 3.05) is 11.4 Å². The Kier molecular flexibility index (Phi) is 4.70. The fourth-order valence-electron chi connectivity index (χ4n) is 2.29. The van der Waals surface area contributed by atoms with Gasteiger partial charge in [0.1, 0.15) is 12.4 Å². The third kappa shape index (κ3) is 4.05. The highest BCUT2D eigenvalue weighted by molar-refractivity contribution is 6.04. The Hall–Kier alpha value is -3.23. The molecule has 0 bridgehead atoms. The Bertz CT molecular complexity index is 891. The number of para-hydroxylation sites is 1. The molecule has 0 N–H and O–H groups in total. The topological polar surface area (TPSA) is 51.0 Å². The number of rotatable bonds is 4. The van der Waals surface area contributed by atoms with E-state index in [0.29, 0.717) is 10.6 Å². The maximum atomic E-state index is 13.0. The summed E-state index contributed by atoms with van der Waals surface area (Å²) in [6.45, 7) is -1.46. The van der Waals surface area contributed by atoms with Crippen LogP contribution in [-0.4, -0.2) is 33.6 Å². The molecule has 0 saturated heterocycles. The van der Waals surface area contributed by atoms with Gasteiger partial charge in [-0.1, -0.05) is 23.4 Å². The molecule has 26 heavy (non-hydrogen) atoms. The summed E-state index contributed by atoms with van der Waals surface area (Å²) in [5.41, 5.74) is 0.244. The van der Waals surface area contributed by atoms with Gasteiger partial charge in [-0.2, -0.15) is 13.2 Å². The van der Waals surface area contributed by atoms with Crippen molar-refractivity contribution in [2.24, 2.45) is 0 Å². The molecule has 0 aliphatic heterocycles. The molecule has 0 radical (unpaired) electrons. The third-order valence-corrected chi connectivity index (χ3v) is 3.45. The predicted octanol–water partition coefficient (Wildman–Crippen LogP) is 3.62. The molecule has 0 aliphatic carbocycles. The van der Waals surface area contributed by atoms with Crippen molar-refractivity contribution in [3.05, 3.63) is 72.3 Å². The molecule has 134 valence electrons. The molecular weight excluding hydrogens is 352 g/mol. The van der Waals surface area contributed by atoms with E-state index in [1.807, 2.05) is 0 Å². The van der Waals surface area contributed by atoms with Gasteiger partial charge in [-0.15, -0.1) is 5.10 Å². The van der Waals surface area contributed by atoms with Crippen LogP contribution in [0, 0.1) is 5.82 Å². The molecular formula is C17H12F4N4O. The molecule has 0 aliphatic rings. The number of nitrogens with zero attached hydrogens (tertiary/aromatic N) is 4. The molecule has 0 unspecified atom stereocenters. The molecule has 1 aromatic heterocycles. The summed E-state index contributed by atoms with van der Waals surface area (Å²) in [5, 5.41) is 7.38. The van der Waals surface area contributed by atoms with Gasteiger partial charge in [-0.3, -0.25) is 9.69 Å². The Balaban J connectivity index is 1.91. The Morgan fingerprint density at radius 1 is 1.04 bits per heavy atom. The Morgan fingerprint density at radius 3 is 2.31 bits per heavy atom. The number of aromatic nitrogens is 3. The first kappa shape index (κ1) is 17.6. The predicted molar refractivity (Wildman–Crippen MR) is 85.5 cm³/mol. The fourth-order valence-corrected chi connectivity index (χ4v) is 2.29. The summed E-state index contributed by atoms with van der Waals surface area (Å²) < 4.78 is 52.9. The maximum Gasteiger partial charge on any atom is 0.406 e. The molecule has 3 rings (SSSR count). The minimum absolute atomic E-state index is 0.0890. The molecule has 5 nitrogen and oxygen atoms in total. The molecule has 0 spiro atoms. The van der Waals surface area contributed by atoms with E-state index in [4.69, 9.17) is 0 Å². The van der Waals surface area contributed by atoms with Crippen LogP contribution in [0.4, 0.5) is 23.2 Å². The van der Waals surface area contributed by atoms with Crippen molar-refractivity contribution in [1.29, 1.82) is 0 Å². The van der Waals surface area contributed by atoms with Crippen molar-refractivity contribution in [3.8, 4) is 5.69 Å². The lowest BCUT2D eigenvalue weighted by atomic mass is 10.2. The average Bonchev–Trinajstić information content (AvgIpc) is 3.10. The van der Waals surface area contributed by atoms with E-state index < -0.39 is 24.4 Å². The molecule has 2 aromatic carbocycles. The smallest absolute Gasteiger partial charge is 0.298 e. The highest BCUT2D eigenvalue weighted by Gasteiger charge is 2.35. The van der Waals surface area contributed by atoms with Crippen molar-refractivity contribution in [3.63, 3.8) is 0 Å². The number of halogens is 4. The van der Waals surface area contributed by atoms with Crippen molar-refractivity contribution < 1.29 is 22.4 Å². The first-order chi connectivity index (χ1) is 12.3. The van der Waals surface area contributed by atoms with Crippen molar-refractivity contribution >= 4 is 11.6 Å². The summed E-state index contributed by atoms with van der Waals surface area (Å²) in [7, 11) is 0. The monoisotopic (exact) mass is 364 g/mol. The van der Waals surface area contributed by atoms with Crippen LogP contribution in [0.2, 0.25) is 0 Å². The van der Waals surface area contributed by atoms with Crippen molar-refractivity contribution in [2.45, 2.75) is 6.18 Å². The third-order valence-electron chi connectivity index (χ3n) is 3.45. The second-order valence-electron chi connectivity index (χ2n) is 5.37. The number of anilines is 1. The first-order valence-electron chi connectivity index (χ1n) is 7.45. The Morgan fingerprint density at radius 2 is 1.69 bits per heavy atom. The molecule has 1 amide bonds. The second-order valence-corrected chi connectivity index (χ2v) is 5.37. The lowest BCUT2D eigenvalue weighted by Gasteiger charge is -2.23. The van der Waals surface area contributed by atoms with Gasteiger partial charge in [-0.05, 0) is 36.4 Å². The van der Waals surface area contributed by atoms with E-state index in [9.17, 15) is 22.4 Å². The average molecular weight is 364 g/mol. The number of alkyl halides is 3. The van der Waals surface area contributed by atoms with E-state index in [-0.39, 0.29) is 11.4 Å². The van der Waals surface area contributed by atoms with Crippen LogP contribution in [0.5, 0.6) is 0 Å². The highest BCUT2D eigenvalue weighted by Crippen LogP contribution is 2.23. The van der Waals surface area contributed by atoms with Gasteiger partial charge in [-0.25, -0.2) is 9.07 Å². The quantitative estimate of drug-likeness (QED) is 0.665. The van der Waals surface area contributed by atoms with E-state index in [2.05, 4.69) is 10.3 Å². The van der Waals surface area contributed by atoms with Gasteiger partial charge in [0.25, 0.3) is 5.91 Å².